The minimum absolute atomic E-state index is 0.0694. The Labute approximate surface area is 166 Å². The van der Waals surface area contributed by atoms with Gasteiger partial charge in [0, 0.05) is 25.3 Å². The van der Waals surface area contributed by atoms with Gasteiger partial charge in [-0.1, -0.05) is 13.0 Å². The molecule has 0 unspecified atom stereocenters. The highest BCUT2D eigenvalue weighted by molar-refractivity contribution is 5.96. The molecule has 1 atom stereocenters. The number of rotatable bonds is 6. The quantitative estimate of drug-likeness (QED) is 0.822. The van der Waals surface area contributed by atoms with E-state index in [1.165, 1.54) is 28.9 Å². The van der Waals surface area contributed by atoms with Gasteiger partial charge >= 0.3 is 0 Å². The molecule has 0 saturated heterocycles. The highest BCUT2D eigenvalue weighted by Gasteiger charge is 2.20. The summed E-state index contributed by atoms with van der Waals surface area (Å²) in [5, 5.41) is 2.88. The maximum absolute atomic E-state index is 12.7. The Balaban J connectivity index is 1.64. The molecule has 0 aromatic heterocycles. The molecule has 0 spiro atoms. The SMILES string of the molecule is CC[C@H](Oc1ccc2c(c1)CCCC2)C(=O)Nc1ccc(C(=O)N(C)C)cc1. The summed E-state index contributed by atoms with van der Waals surface area (Å²) in [5.41, 5.74) is 3.96. The second kappa shape index (κ2) is 8.91. The molecule has 3 rings (SSSR count). The lowest BCUT2D eigenvalue weighted by Crippen LogP contribution is -2.32. The molecule has 0 aliphatic heterocycles. The molecule has 2 aromatic rings. The number of hydrogen-bond donors (Lipinski definition) is 1. The van der Waals surface area contributed by atoms with Gasteiger partial charge in [0.1, 0.15) is 5.75 Å². The van der Waals surface area contributed by atoms with E-state index in [-0.39, 0.29) is 11.8 Å². The number of fused-ring (bicyclic) bond motifs is 1. The Kier molecular flexibility index (Phi) is 6.34. The van der Waals surface area contributed by atoms with Crippen molar-refractivity contribution >= 4 is 17.5 Å². The van der Waals surface area contributed by atoms with Crippen molar-refractivity contribution in [3.8, 4) is 5.75 Å². The van der Waals surface area contributed by atoms with Crippen LogP contribution in [0.1, 0.15) is 47.7 Å². The number of benzene rings is 2. The molecule has 5 heteroatoms. The molecule has 0 heterocycles. The number of carbonyl (C=O) groups excluding carboxylic acids is 2. The van der Waals surface area contributed by atoms with Crippen LogP contribution in [0.5, 0.6) is 5.75 Å². The van der Waals surface area contributed by atoms with Crippen LogP contribution in [0.15, 0.2) is 42.5 Å². The number of ether oxygens (including phenoxy) is 1. The van der Waals surface area contributed by atoms with Crippen LogP contribution in [0.25, 0.3) is 0 Å². The Morgan fingerprint density at radius 1 is 1.04 bits per heavy atom. The fourth-order valence-electron chi connectivity index (χ4n) is 3.45. The predicted molar refractivity (Wildman–Crippen MR) is 111 cm³/mol. The zero-order valence-electron chi connectivity index (χ0n) is 16.8. The summed E-state index contributed by atoms with van der Waals surface area (Å²) in [5.74, 6) is 0.488. The first kappa shape index (κ1) is 19.9. The van der Waals surface area contributed by atoms with E-state index in [2.05, 4.69) is 17.4 Å². The molecule has 5 nitrogen and oxygen atoms in total. The van der Waals surface area contributed by atoms with Crippen LogP contribution in [0, 0.1) is 0 Å². The molecule has 1 aliphatic rings. The van der Waals surface area contributed by atoms with E-state index in [9.17, 15) is 9.59 Å². The van der Waals surface area contributed by atoms with Gasteiger partial charge in [0.15, 0.2) is 6.10 Å². The lowest BCUT2D eigenvalue weighted by Gasteiger charge is -2.20. The average molecular weight is 380 g/mol. The van der Waals surface area contributed by atoms with Gasteiger partial charge < -0.3 is 15.0 Å². The van der Waals surface area contributed by atoms with Crippen LogP contribution in [-0.4, -0.2) is 36.9 Å². The van der Waals surface area contributed by atoms with Crippen LogP contribution >= 0.6 is 0 Å². The number of aryl methyl sites for hydroxylation is 2. The van der Waals surface area contributed by atoms with Crippen molar-refractivity contribution in [3.05, 3.63) is 59.2 Å². The molecule has 148 valence electrons. The Hall–Kier alpha value is -2.82. The zero-order chi connectivity index (χ0) is 20.1. The van der Waals surface area contributed by atoms with E-state index < -0.39 is 6.10 Å². The van der Waals surface area contributed by atoms with Gasteiger partial charge in [0.05, 0.1) is 0 Å². The molecule has 0 fully saturated rings. The van der Waals surface area contributed by atoms with Crippen LogP contribution in [0.2, 0.25) is 0 Å². The Morgan fingerprint density at radius 2 is 1.71 bits per heavy atom. The predicted octanol–water partition coefficient (Wildman–Crippen LogP) is 4.06. The third-order valence-corrected chi connectivity index (χ3v) is 5.07. The van der Waals surface area contributed by atoms with Crippen molar-refractivity contribution < 1.29 is 14.3 Å². The minimum atomic E-state index is -0.565. The lowest BCUT2D eigenvalue weighted by atomic mass is 9.92. The molecule has 1 aliphatic carbocycles. The van der Waals surface area contributed by atoms with Crippen molar-refractivity contribution in [2.45, 2.75) is 45.1 Å². The summed E-state index contributed by atoms with van der Waals surface area (Å²) in [6, 6.07) is 13.1. The van der Waals surface area contributed by atoms with E-state index in [0.717, 1.165) is 18.6 Å². The first-order valence-corrected chi connectivity index (χ1v) is 9.89. The maximum Gasteiger partial charge on any atom is 0.265 e. The molecule has 0 bridgehead atoms. The zero-order valence-corrected chi connectivity index (χ0v) is 16.8. The topological polar surface area (TPSA) is 58.6 Å². The molecule has 2 amide bonds. The van der Waals surface area contributed by atoms with E-state index in [0.29, 0.717) is 17.7 Å². The number of amides is 2. The van der Waals surface area contributed by atoms with Crippen molar-refractivity contribution in [2.24, 2.45) is 0 Å². The van der Waals surface area contributed by atoms with Gasteiger partial charge in [0.2, 0.25) is 0 Å². The first-order chi connectivity index (χ1) is 13.5. The number of nitrogens with one attached hydrogen (secondary N) is 1. The third-order valence-electron chi connectivity index (χ3n) is 5.07. The van der Waals surface area contributed by atoms with Crippen LogP contribution in [0.4, 0.5) is 5.69 Å². The summed E-state index contributed by atoms with van der Waals surface area (Å²) in [4.78, 5) is 26.1. The minimum Gasteiger partial charge on any atom is -0.481 e. The van der Waals surface area contributed by atoms with Crippen molar-refractivity contribution in [1.29, 1.82) is 0 Å². The highest BCUT2D eigenvalue weighted by Crippen LogP contribution is 2.26. The second-order valence-corrected chi connectivity index (χ2v) is 7.42. The largest absolute Gasteiger partial charge is 0.481 e. The number of hydrogen-bond acceptors (Lipinski definition) is 3. The lowest BCUT2D eigenvalue weighted by molar-refractivity contribution is -0.122. The van der Waals surface area contributed by atoms with Crippen LogP contribution in [0.3, 0.4) is 0 Å². The molecular formula is C23H28N2O3. The highest BCUT2D eigenvalue weighted by atomic mass is 16.5. The second-order valence-electron chi connectivity index (χ2n) is 7.42. The summed E-state index contributed by atoms with van der Waals surface area (Å²) < 4.78 is 5.98. The molecule has 0 saturated carbocycles. The van der Waals surface area contributed by atoms with Gasteiger partial charge in [-0.2, -0.15) is 0 Å². The van der Waals surface area contributed by atoms with E-state index in [4.69, 9.17) is 4.74 Å². The average Bonchev–Trinajstić information content (AvgIpc) is 2.71. The molecule has 1 N–H and O–H groups in total. The third kappa shape index (κ3) is 4.71. The number of anilines is 1. The van der Waals surface area contributed by atoms with Crippen molar-refractivity contribution in [2.75, 3.05) is 19.4 Å². The van der Waals surface area contributed by atoms with E-state index >= 15 is 0 Å². The van der Waals surface area contributed by atoms with Crippen molar-refractivity contribution in [3.63, 3.8) is 0 Å². The molecule has 28 heavy (non-hydrogen) atoms. The first-order valence-electron chi connectivity index (χ1n) is 9.89. The van der Waals surface area contributed by atoms with Crippen molar-refractivity contribution in [1.82, 2.24) is 4.90 Å². The van der Waals surface area contributed by atoms with Gasteiger partial charge in [-0.25, -0.2) is 0 Å². The Bertz CT molecular complexity index is 843. The standard InChI is InChI=1S/C23H28N2O3/c1-4-21(28-20-14-11-16-7-5-6-8-18(16)15-20)22(26)24-19-12-9-17(10-13-19)23(27)25(2)3/h9-15,21H,4-8H2,1-3H3,(H,24,26)/t21-/m0/s1. The smallest absolute Gasteiger partial charge is 0.265 e. The van der Waals surface area contributed by atoms with E-state index in [1.54, 1.807) is 38.4 Å². The summed E-state index contributed by atoms with van der Waals surface area (Å²) in [6.45, 7) is 1.93. The van der Waals surface area contributed by atoms with Crippen LogP contribution in [-0.2, 0) is 17.6 Å². The fourth-order valence-corrected chi connectivity index (χ4v) is 3.45. The summed E-state index contributed by atoms with van der Waals surface area (Å²) in [6.07, 6.45) is 4.66. The van der Waals surface area contributed by atoms with Gasteiger partial charge in [-0.3, -0.25) is 9.59 Å². The van der Waals surface area contributed by atoms with Gasteiger partial charge in [0.25, 0.3) is 11.8 Å². The normalized spacial score (nSPS) is 14.0. The molecule has 0 radical (unpaired) electrons. The maximum atomic E-state index is 12.7. The van der Waals surface area contributed by atoms with Gasteiger partial charge in [-0.15, -0.1) is 0 Å². The number of carbonyl (C=O) groups is 2. The van der Waals surface area contributed by atoms with Gasteiger partial charge in [-0.05, 0) is 79.6 Å². The summed E-state index contributed by atoms with van der Waals surface area (Å²) >= 11 is 0. The Morgan fingerprint density at radius 3 is 2.36 bits per heavy atom. The van der Waals surface area contributed by atoms with E-state index in [1.807, 2.05) is 13.0 Å². The summed E-state index contributed by atoms with van der Waals surface area (Å²) in [7, 11) is 3.42. The molecular weight excluding hydrogens is 352 g/mol. The number of nitrogens with zero attached hydrogens (tertiary/aromatic N) is 1. The monoisotopic (exact) mass is 380 g/mol. The fraction of sp³-hybridized carbons (Fsp3) is 0.391. The van der Waals surface area contributed by atoms with Crippen LogP contribution < -0.4 is 10.1 Å². The molecule has 2 aromatic carbocycles.